The van der Waals surface area contributed by atoms with Crippen molar-refractivity contribution in [2.24, 2.45) is 0 Å². The van der Waals surface area contributed by atoms with Crippen molar-refractivity contribution in [1.82, 2.24) is 14.9 Å². The molecule has 0 N–H and O–H groups in total. The van der Waals surface area contributed by atoms with Crippen molar-refractivity contribution < 1.29 is 9.53 Å². The van der Waals surface area contributed by atoms with Crippen molar-refractivity contribution in [1.29, 1.82) is 0 Å². The van der Waals surface area contributed by atoms with Crippen LogP contribution in [0.2, 0.25) is 0 Å². The van der Waals surface area contributed by atoms with Crippen LogP contribution in [0.3, 0.4) is 0 Å². The molecule has 1 atom stereocenters. The number of piperidine rings is 1. The standard InChI is InChI=1S/C18H21N3O2/c1-2-15-8-3-4-12-21(15)17(22)14-7-5-9-16(13-14)23-18-19-10-6-11-20-18/h5-7,9-11,13,15H,2-4,8,12H2,1H3. The lowest BCUT2D eigenvalue weighted by atomic mass is 9.99. The van der Waals surface area contributed by atoms with Gasteiger partial charge in [-0.05, 0) is 49.9 Å². The van der Waals surface area contributed by atoms with Gasteiger partial charge in [-0.15, -0.1) is 0 Å². The van der Waals surface area contributed by atoms with E-state index in [2.05, 4.69) is 16.9 Å². The minimum atomic E-state index is 0.0796. The van der Waals surface area contributed by atoms with Gasteiger partial charge in [-0.2, -0.15) is 0 Å². The maximum absolute atomic E-state index is 12.8. The van der Waals surface area contributed by atoms with E-state index in [9.17, 15) is 4.79 Å². The number of hydrogen-bond donors (Lipinski definition) is 0. The summed E-state index contributed by atoms with van der Waals surface area (Å²) < 4.78 is 5.62. The average molecular weight is 311 g/mol. The van der Waals surface area contributed by atoms with Crippen LogP contribution in [-0.2, 0) is 0 Å². The van der Waals surface area contributed by atoms with E-state index in [0.717, 1.165) is 25.8 Å². The van der Waals surface area contributed by atoms with Crippen molar-refractivity contribution in [3.05, 3.63) is 48.3 Å². The molecule has 0 aliphatic carbocycles. The summed E-state index contributed by atoms with van der Waals surface area (Å²) in [6, 6.07) is 9.59. The Labute approximate surface area is 136 Å². The predicted octanol–water partition coefficient (Wildman–Crippen LogP) is 3.67. The molecule has 1 aliphatic heterocycles. The summed E-state index contributed by atoms with van der Waals surface area (Å²) in [5.74, 6) is 0.656. The molecule has 23 heavy (non-hydrogen) atoms. The molecule has 0 spiro atoms. The van der Waals surface area contributed by atoms with E-state index in [-0.39, 0.29) is 11.9 Å². The number of likely N-dealkylation sites (tertiary alicyclic amines) is 1. The van der Waals surface area contributed by atoms with Crippen molar-refractivity contribution in [3.63, 3.8) is 0 Å². The predicted molar refractivity (Wildman–Crippen MR) is 87.5 cm³/mol. The normalized spacial score (nSPS) is 17.8. The summed E-state index contributed by atoms with van der Waals surface area (Å²) in [7, 11) is 0. The summed E-state index contributed by atoms with van der Waals surface area (Å²) in [4.78, 5) is 22.9. The molecule has 2 aromatic rings. The molecule has 5 nitrogen and oxygen atoms in total. The maximum atomic E-state index is 12.8. The molecule has 120 valence electrons. The number of ether oxygens (including phenoxy) is 1. The van der Waals surface area contributed by atoms with Gasteiger partial charge >= 0.3 is 6.01 Å². The number of benzene rings is 1. The van der Waals surface area contributed by atoms with Gasteiger partial charge in [-0.3, -0.25) is 4.79 Å². The highest BCUT2D eigenvalue weighted by Crippen LogP contribution is 2.24. The second kappa shape index (κ2) is 7.22. The van der Waals surface area contributed by atoms with Gasteiger partial charge < -0.3 is 9.64 Å². The molecule has 1 unspecified atom stereocenters. The molecule has 5 heteroatoms. The molecule has 0 bridgehead atoms. The molecular formula is C18H21N3O2. The Morgan fingerprint density at radius 2 is 2.09 bits per heavy atom. The summed E-state index contributed by atoms with van der Waals surface area (Å²) in [5.41, 5.74) is 0.652. The minimum absolute atomic E-state index is 0.0796. The number of aromatic nitrogens is 2. The largest absolute Gasteiger partial charge is 0.424 e. The summed E-state index contributed by atoms with van der Waals surface area (Å²) in [5, 5.41) is 0. The lowest BCUT2D eigenvalue weighted by Crippen LogP contribution is -2.43. The zero-order valence-electron chi connectivity index (χ0n) is 13.3. The van der Waals surface area contributed by atoms with Gasteiger partial charge in [0.15, 0.2) is 0 Å². The molecule has 1 amide bonds. The Kier molecular flexibility index (Phi) is 4.86. The highest BCUT2D eigenvalue weighted by molar-refractivity contribution is 5.94. The van der Waals surface area contributed by atoms with E-state index < -0.39 is 0 Å². The van der Waals surface area contributed by atoms with Crippen molar-refractivity contribution in [3.8, 4) is 11.8 Å². The first-order chi connectivity index (χ1) is 11.3. The molecule has 1 aromatic carbocycles. The fourth-order valence-electron chi connectivity index (χ4n) is 2.99. The monoisotopic (exact) mass is 311 g/mol. The molecule has 1 saturated heterocycles. The Morgan fingerprint density at radius 1 is 1.26 bits per heavy atom. The van der Waals surface area contributed by atoms with Gasteiger partial charge in [-0.25, -0.2) is 9.97 Å². The zero-order chi connectivity index (χ0) is 16.1. The van der Waals surface area contributed by atoms with Crippen molar-refractivity contribution in [2.75, 3.05) is 6.54 Å². The van der Waals surface area contributed by atoms with Gasteiger partial charge in [0.1, 0.15) is 5.75 Å². The van der Waals surface area contributed by atoms with Crippen LogP contribution in [0.15, 0.2) is 42.7 Å². The van der Waals surface area contributed by atoms with Crippen LogP contribution in [0.25, 0.3) is 0 Å². The highest BCUT2D eigenvalue weighted by Gasteiger charge is 2.26. The molecule has 2 heterocycles. The lowest BCUT2D eigenvalue weighted by molar-refractivity contribution is 0.0607. The van der Waals surface area contributed by atoms with E-state index >= 15 is 0 Å². The SMILES string of the molecule is CCC1CCCCN1C(=O)c1cccc(Oc2ncccn2)c1. The van der Waals surface area contributed by atoms with Crippen LogP contribution in [-0.4, -0.2) is 33.4 Å². The summed E-state index contributed by atoms with van der Waals surface area (Å²) in [6.45, 7) is 2.98. The number of nitrogens with zero attached hydrogens (tertiary/aromatic N) is 3. The second-order valence-corrected chi connectivity index (χ2v) is 5.72. The first kappa shape index (κ1) is 15.5. The lowest BCUT2D eigenvalue weighted by Gasteiger charge is -2.35. The average Bonchev–Trinajstić information content (AvgIpc) is 2.62. The van der Waals surface area contributed by atoms with Crippen LogP contribution in [0, 0.1) is 0 Å². The van der Waals surface area contributed by atoms with Gasteiger partial charge in [0, 0.05) is 30.5 Å². The van der Waals surface area contributed by atoms with E-state index in [0.29, 0.717) is 17.4 Å². The molecule has 1 aliphatic rings. The number of amides is 1. The molecule has 3 rings (SSSR count). The van der Waals surface area contributed by atoms with Crippen LogP contribution in [0.1, 0.15) is 43.0 Å². The Hall–Kier alpha value is -2.43. The molecule has 1 fully saturated rings. The Bertz CT molecular complexity index is 660. The third kappa shape index (κ3) is 3.67. The quantitative estimate of drug-likeness (QED) is 0.864. The van der Waals surface area contributed by atoms with Crippen LogP contribution in [0.4, 0.5) is 0 Å². The van der Waals surface area contributed by atoms with E-state index in [4.69, 9.17) is 4.74 Å². The summed E-state index contributed by atoms with van der Waals surface area (Å²) in [6.07, 6.45) is 7.62. The summed E-state index contributed by atoms with van der Waals surface area (Å²) >= 11 is 0. The van der Waals surface area contributed by atoms with Crippen LogP contribution in [0.5, 0.6) is 11.8 Å². The maximum Gasteiger partial charge on any atom is 0.321 e. The first-order valence-corrected chi connectivity index (χ1v) is 8.14. The number of hydrogen-bond acceptors (Lipinski definition) is 4. The third-order valence-corrected chi connectivity index (χ3v) is 4.19. The number of carbonyl (C=O) groups excluding carboxylic acids is 1. The smallest absolute Gasteiger partial charge is 0.321 e. The number of carbonyl (C=O) groups is 1. The van der Waals surface area contributed by atoms with E-state index in [1.54, 1.807) is 30.6 Å². The molecular weight excluding hydrogens is 290 g/mol. The van der Waals surface area contributed by atoms with Crippen LogP contribution < -0.4 is 4.74 Å². The van der Waals surface area contributed by atoms with Crippen molar-refractivity contribution >= 4 is 5.91 Å². The Morgan fingerprint density at radius 3 is 2.87 bits per heavy atom. The fourth-order valence-corrected chi connectivity index (χ4v) is 2.99. The van der Waals surface area contributed by atoms with Gasteiger partial charge in [0.2, 0.25) is 0 Å². The van der Waals surface area contributed by atoms with Gasteiger partial charge in [0.25, 0.3) is 5.91 Å². The van der Waals surface area contributed by atoms with Crippen LogP contribution >= 0.6 is 0 Å². The topological polar surface area (TPSA) is 55.3 Å². The van der Waals surface area contributed by atoms with Crippen molar-refractivity contribution in [2.45, 2.75) is 38.6 Å². The van der Waals surface area contributed by atoms with E-state index in [1.807, 2.05) is 17.0 Å². The third-order valence-electron chi connectivity index (χ3n) is 4.19. The second-order valence-electron chi connectivity index (χ2n) is 5.72. The minimum Gasteiger partial charge on any atom is -0.424 e. The van der Waals surface area contributed by atoms with E-state index in [1.165, 1.54) is 6.42 Å². The zero-order valence-corrected chi connectivity index (χ0v) is 13.3. The highest BCUT2D eigenvalue weighted by atomic mass is 16.5. The first-order valence-electron chi connectivity index (χ1n) is 8.14. The number of rotatable bonds is 4. The Balaban J connectivity index is 1.77. The fraction of sp³-hybridized carbons (Fsp3) is 0.389. The molecule has 1 aromatic heterocycles. The van der Waals surface area contributed by atoms with Gasteiger partial charge in [0.05, 0.1) is 0 Å². The molecule has 0 radical (unpaired) electrons. The molecule has 0 saturated carbocycles. The van der Waals surface area contributed by atoms with Gasteiger partial charge in [-0.1, -0.05) is 13.0 Å².